The van der Waals surface area contributed by atoms with E-state index < -0.39 is 0 Å². The van der Waals surface area contributed by atoms with Gasteiger partial charge in [0, 0.05) is 5.92 Å². The minimum Gasteiger partial charge on any atom is -0.370 e. The molecule has 1 aliphatic carbocycles. The van der Waals surface area contributed by atoms with E-state index in [0.29, 0.717) is 16.5 Å². The van der Waals surface area contributed by atoms with Crippen molar-refractivity contribution in [1.82, 2.24) is 0 Å². The summed E-state index contributed by atoms with van der Waals surface area (Å²) in [5.41, 5.74) is 11.2. The van der Waals surface area contributed by atoms with Gasteiger partial charge < -0.3 is 11.5 Å². The van der Waals surface area contributed by atoms with E-state index in [0.717, 1.165) is 5.56 Å². The van der Waals surface area contributed by atoms with Gasteiger partial charge in [-0.25, -0.2) is 0 Å². The topological polar surface area (TPSA) is 81.5 Å². The maximum atomic E-state index is 11.6. The first kappa shape index (κ1) is 12.2. The summed E-state index contributed by atoms with van der Waals surface area (Å²) in [4.78, 5) is 15.1. The number of benzene rings is 1. The van der Waals surface area contributed by atoms with Crippen LogP contribution in [0.4, 0.5) is 0 Å². The van der Waals surface area contributed by atoms with Crippen LogP contribution in [0.5, 0.6) is 0 Å². The lowest BCUT2D eigenvalue weighted by Crippen LogP contribution is -2.24. The van der Waals surface area contributed by atoms with Crippen LogP contribution in [0, 0.1) is 5.92 Å². The molecule has 2 atom stereocenters. The highest BCUT2D eigenvalue weighted by atomic mass is 35.5. The van der Waals surface area contributed by atoms with E-state index in [2.05, 4.69) is 4.99 Å². The van der Waals surface area contributed by atoms with E-state index in [1.165, 1.54) is 0 Å². The van der Waals surface area contributed by atoms with E-state index in [1.807, 2.05) is 12.1 Å². The molecular formula is C11H11Cl2N3O. The fourth-order valence-corrected chi connectivity index (χ4v) is 2.28. The lowest BCUT2D eigenvalue weighted by molar-refractivity contribution is -0.119. The van der Waals surface area contributed by atoms with Gasteiger partial charge in [-0.2, -0.15) is 4.99 Å². The van der Waals surface area contributed by atoms with Gasteiger partial charge in [0.1, 0.15) is 0 Å². The van der Waals surface area contributed by atoms with Crippen LogP contribution in [0.3, 0.4) is 0 Å². The zero-order valence-corrected chi connectivity index (χ0v) is 10.4. The number of nitrogens with zero attached hydrogens (tertiary/aromatic N) is 1. The van der Waals surface area contributed by atoms with Crippen molar-refractivity contribution in [3.63, 3.8) is 0 Å². The molecule has 2 unspecified atom stereocenters. The van der Waals surface area contributed by atoms with E-state index >= 15 is 0 Å². The van der Waals surface area contributed by atoms with Gasteiger partial charge in [-0.05, 0) is 24.0 Å². The van der Waals surface area contributed by atoms with Crippen molar-refractivity contribution in [3.05, 3.63) is 33.8 Å². The standard InChI is InChI=1S/C11H11Cl2N3O/c12-8-3-1-2-5(9(8)13)6-4-7(6)10(17)16-11(14)15/h1-3,6-7H,4H2,(H4,14,15,16,17). The third kappa shape index (κ3) is 2.53. The van der Waals surface area contributed by atoms with E-state index in [4.69, 9.17) is 34.7 Å². The summed E-state index contributed by atoms with van der Waals surface area (Å²) in [6.07, 6.45) is 0.704. The normalized spacial score (nSPS) is 22.0. The molecule has 1 amide bonds. The molecule has 1 aromatic rings. The Hall–Kier alpha value is -1.26. The average Bonchev–Trinajstić information content (AvgIpc) is 3.01. The van der Waals surface area contributed by atoms with Crippen LogP contribution >= 0.6 is 23.2 Å². The molecule has 0 bridgehead atoms. The van der Waals surface area contributed by atoms with Gasteiger partial charge in [-0.15, -0.1) is 0 Å². The fourth-order valence-electron chi connectivity index (χ4n) is 1.83. The Morgan fingerprint density at radius 3 is 2.71 bits per heavy atom. The molecule has 0 heterocycles. The van der Waals surface area contributed by atoms with Crippen LogP contribution in [0.25, 0.3) is 0 Å². The maximum absolute atomic E-state index is 11.6. The van der Waals surface area contributed by atoms with Gasteiger partial charge in [0.2, 0.25) is 0 Å². The molecule has 4 N–H and O–H groups in total. The molecule has 1 aromatic carbocycles. The first-order valence-corrected chi connectivity index (χ1v) is 5.83. The molecule has 0 aromatic heterocycles. The largest absolute Gasteiger partial charge is 0.370 e. The Morgan fingerprint density at radius 1 is 1.35 bits per heavy atom. The molecule has 0 saturated heterocycles. The van der Waals surface area contributed by atoms with E-state index in [-0.39, 0.29) is 23.7 Å². The number of carbonyl (C=O) groups is 1. The van der Waals surface area contributed by atoms with Crippen molar-refractivity contribution in [2.45, 2.75) is 12.3 Å². The number of amides is 1. The number of aliphatic imine (C=N–C) groups is 1. The predicted octanol–water partition coefficient (Wildman–Crippen LogP) is 1.90. The van der Waals surface area contributed by atoms with Crippen molar-refractivity contribution in [1.29, 1.82) is 0 Å². The Kier molecular flexibility index (Phi) is 3.26. The van der Waals surface area contributed by atoms with Crippen LogP contribution < -0.4 is 11.5 Å². The smallest absolute Gasteiger partial charge is 0.252 e. The number of carbonyl (C=O) groups excluding carboxylic acids is 1. The fraction of sp³-hybridized carbons (Fsp3) is 0.273. The minimum atomic E-state index is -0.300. The van der Waals surface area contributed by atoms with Crippen molar-refractivity contribution in [2.24, 2.45) is 22.4 Å². The Balaban J connectivity index is 2.16. The minimum absolute atomic E-state index is 0.0665. The van der Waals surface area contributed by atoms with Gasteiger partial charge in [0.05, 0.1) is 10.0 Å². The van der Waals surface area contributed by atoms with Gasteiger partial charge in [-0.1, -0.05) is 35.3 Å². The second kappa shape index (κ2) is 4.55. The lowest BCUT2D eigenvalue weighted by Gasteiger charge is -2.03. The highest BCUT2D eigenvalue weighted by molar-refractivity contribution is 6.42. The van der Waals surface area contributed by atoms with Gasteiger partial charge in [-0.3, -0.25) is 4.79 Å². The molecular weight excluding hydrogens is 261 g/mol. The van der Waals surface area contributed by atoms with Crippen molar-refractivity contribution < 1.29 is 4.79 Å². The van der Waals surface area contributed by atoms with E-state index in [9.17, 15) is 4.79 Å². The number of halogens is 2. The number of hydrogen-bond donors (Lipinski definition) is 2. The van der Waals surface area contributed by atoms with Crippen LogP contribution in [-0.2, 0) is 4.79 Å². The summed E-state index contributed by atoms with van der Waals surface area (Å²) in [7, 11) is 0. The average molecular weight is 272 g/mol. The second-order valence-electron chi connectivity index (χ2n) is 3.97. The summed E-state index contributed by atoms with van der Waals surface area (Å²) < 4.78 is 0. The van der Waals surface area contributed by atoms with Gasteiger partial charge in [0.15, 0.2) is 5.96 Å². The summed E-state index contributed by atoms with van der Waals surface area (Å²) >= 11 is 12.0. The SMILES string of the molecule is NC(N)=NC(=O)C1CC1c1cccc(Cl)c1Cl. The molecule has 0 aliphatic heterocycles. The van der Waals surface area contributed by atoms with Crippen molar-refractivity contribution in [2.75, 3.05) is 0 Å². The highest BCUT2D eigenvalue weighted by Gasteiger charge is 2.45. The van der Waals surface area contributed by atoms with Crippen molar-refractivity contribution in [3.8, 4) is 0 Å². The first-order chi connectivity index (χ1) is 8.00. The second-order valence-corrected chi connectivity index (χ2v) is 4.75. The van der Waals surface area contributed by atoms with Crippen molar-refractivity contribution >= 4 is 35.1 Å². The molecule has 4 nitrogen and oxygen atoms in total. The van der Waals surface area contributed by atoms with E-state index in [1.54, 1.807) is 6.07 Å². The van der Waals surface area contributed by atoms with Crippen LogP contribution in [0.2, 0.25) is 10.0 Å². The number of guanidine groups is 1. The summed E-state index contributed by atoms with van der Waals surface area (Å²) in [6, 6.07) is 5.38. The van der Waals surface area contributed by atoms with Gasteiger partial charge >= 0.3 is 0 Å². The predicted molar refractivity (Wildman–Crippen MR) is 68.1 cm³/mol. The Bertz CT molecular complexity index is 497. The third-order valence-corrected chi connectivity index (χ3v) is 3.56. The molecule has 1 fully saturated rings. The monoisotopic (exact) mass is 271 g/mol. The molecule has 2 rings (SSSR count). The molecule has 6 heteroatoms. The number of nitrogens with two attached hydrogens (primary N) is 2. The molecule has 0 spiro atoms. The van der Waals surface area contributed by atoms with Crippen LogP contribution in [0.15, 0.2) is 23.2 Å². The maximum Gasteiger partial charge on any atom is 0.252 e. The quantitative estimate of drug-likeness (QED) is 0.637. The zero-order valence-electron chi connectivity index (χ0n) is 8.86. The molecule has 90 valence electrons. The summed E-state index contributed by atoms with van der Waals surface area (Å²) in [6.45, 7) is 0. The molecule has 17 heavy (non-hydrogen) atoms. The Morgan fingerprint density at radius 2 is 2.06 bits per heavy atom. The molecule has 1 saturated carbocycles. The number of hydrogen-bond acceptors (Lipinski definition) is 1. The lowest BCUT2D eigenvalue weighted by atomic mass is 10.1. The van der Waals surface area contributed by atoms with Crippen LogP contribution in [0.1, 0.15) is 17.9 Å². The zero-order chi connectivity index (χ0) is 12.6. The third-order valence-electron chi connectivity index (χ3n) is 2.73. The first-order valence-electron chi connectivity index (χ1n) is 5.08. The van der Waals surface area contributed by atoms with Gasteiger partial charge in [0.25, 0.3) is 5.91 Å². The Labute approximate surface area is 109 Å². The summed E-state index contributed by atoms with van der Waals surface area (Å²) in [5.74, 6) is -0.631. The van der Waals surface area contributed by atoms with Crippen LogP contribution in [-0.4, -0.2) is 11.9 Å². The molecule has 0 radical (unpaired) electrons. The number of rotatable bonds is 2. The molecule has 1 aliphatic rings. The summed E-state index contributed by atoms with van der Waals surface area (Å²) in [5, 5.41) is 0.989. The highest BCUT2D eigenvalue weighted by Crippen LogP contribution is 2.51.